The Balaban J connectivity index is 2.53. The lowest BCUT2D eigenvalue weighted by Gasteiger charge is -2.06. The molecule has 2 heterocycles. The van der Waals surface area contributed by atoms with Crippen LogP contribution in [0.2, 0.25) is 0 Å². The van der Waals surface area contributed by atoms with Crippen molar-refractivity contribution in [1.29, 1.82) is 0 Å². The molecule has 3 rings (SSSR count). The second-order valence-corrected chi connectivity index (χ2v) is 4.17. The van der Waals surface area contributed by atoms with Crippen LogP contribution in [-0.4, -0.2) is 4.98 Å². The highest BCUT2D eigenvalue weighted by molar-refractivity contribution is 7.16. The Kier molecular flexibility index (Phi) is 1.79. The molecular formula is C10H4F3NOS. The van der Waals surface area contributed by atoms with Crippen molar-refractivity contribution in [2.75, 3.05) is 0 Å². The molecule has 1 aromatic carbocycles. The molecule has 0 saturated carbocycles. The van der Waals surface area contributed by atoms with E-state index in [1.54, 1.807) is 0 Å². The maximum Gasteiger partial charge on any atom is 0.420 e. The van der Waals surface area contributed by atoms with E-state index in [1.165, 1.54) is 29.2 Å². The fourth-order valence-electron chi connectivity index (χ4n) is 1.67. The Hall–Kier alpha value is -1.56. The molecular weight excluding hydrogens is 239 g/mol. The lowest BCUT2D eigenvalue weighted by atomic mass is 10.1. The van der Waals surface area contributed by atoms with Crippen molar-refractivity contribution in [3.8, 4) is 0 Å². The molecule has 0 aliphatic carbocycles. The first kappa shape index (κ1) is 9.65. The zero-order valence-corrected chi connectivity index (χ0v) is 8.52. The molecule has 0 atom stereocenters. The molecule has 0 saturated heterocycles. The molecule has 6 heteroatoms. The summed E-state index contributed by atoms with van der Waals surface area (Å²) in [6.07, 6.45) is -3.16. The molecule has 0 N–H and O–H groups in total. The van der Waals surface area contributed by atoms with Gasteiger partial charge in [0, 0.05) is 5.39 Å². The summed E-state index contributed by atoms with van der Waals surface area (Å²) in [5, 5.41) is 0.408. The van der Waals surface area contributed by atoms with Gasteiger partial charge in [0.2, 0.25) is 0 Å². The second-order valence-electron chi connectivity index (χ2n) is 3.28. The van der Waals surface area contributed by atoms with E-state index in [0.29, 0.717) is 15.6 Å². The molecule has 2 aromatic heterocycles. The van der Waals surface area contributed by atoms with Gasteiger partial charge in [-0.3, -0.25) is 0 Å². The van der Waals surface area contributed by atoms with Gasteiger partial charge in [-0.05, 0) is 12.1 Å². The molecule has 0 fully saturated rings. The fraction of sp³-hybridized carbons (Fsp3) is 0.100. The number of halogens is 3. The number of benzene rings is 1. The molecule has 0 aliphatic heterocycles. The molecule has 2 nitrogen and oxygen atoms in total. The van der Waals surface area contributed by atoms with E-state index in [-0.39, 0.29) is 5.58 Å². The molecule has 0 amide bonds. The summed E-state index contributed by atoms with van der Waals surface area (Å²) in [6, 6.07) is 2.59. The van der Waals surface area contributed by atoms with Crippen LogP contribution in [0, 0.1) is 0 Å². The minimum Gasteiger partial charge on any atom is -0.464 e. The number of hydrogen-bond acceptors (Lipinski definition) is 3. The minimum atomic E-state index is -4.41. The summed E-state index contributed by atoms with van der Waals surface area (Å²) in [5.74, 6) is 0. The number of aromatic nitrogens is 1. The third-order valence-electron chi connectivity index (χ3n) is 2.34. The van der Waals surface area contributed by atoms with Crippen LogP contribution in [0.25, 0.3) is 21.2 Å². The maximum absolute atomic E-state index is 12.8. The monoisotopic (exact) mass is 243 g/mol. The van der Waals surface area contributed by atoms with Gasteiger partial charge in [0.05, 0.1) is 22.0 Å². The number of nitrogens with zero attached hydrogens (tertiary/aromatic N) is 1. The van der Waals surface area contributed by atoms with E-state index in [0.717, 1.165) is 6.07 Å². The van der Waals surface area contributed by atoms with Gasteiger partial charge in [0.25, 0.3) is 0 Å². The molecule has 82 valence electrons. The summed E-state index contributed by atoms with van der Waals surface area (Å²) in [5.41, 5.74) is 1.19. The third-order valence-corrected chi connectivity index (χ3v) is 3.12. The number of furan rings is 1. The zero-order valence-electron chi connectivity index (χ0n) is 7.71. The van der Waals surface area contributed by atoms with Crippen LogP contribution < -0.4 is 0 Å². The maximum atomic E-state index is 12.8. The molecule has 0 aliphatic rings. The first-order valence-corrected chi connectivity index (χ1v) is 5.26. The zero-order chi connectivity index (χ0) is 11.3. The fourth-order valence-corrected chi connectivity index (χ4v) is 2.40. The minimum absolute atomic E-state index is 0.147. The van der Waals surface area contributed by atoms with Gasteiger partial charge in [0.15, 0.2) is 0 Å². The van der Waals surface area contributed by atoms with Crippen LogP contribution in [0.4, 0.5) is 13.2 Å². The van der Waals surface area contributed by atoms with Crippen molar-refractivity contribution in [3.05, 3.63) is 29.5 Å². The topological polar surface area (TPSA) is 26.0 Å². The second kappa shape index (κ2) is 2.98. The highest BCUT2D eigenvalue weighted by atomic mass is 32.1. The lowest BCUT2D eigenvalue weighted by molar-refractivity contribution is -0.136. The van der Waals surface area contributed by atoms with Crippen molar-refractivity contribution in [1.82, 2.24) is 4.98 Å². The van der Waals surface area contributed by atoms with Gasteiger partial charge in [-0.2, -0.15) is 13.2 Å². The van der Waals surface area contributed by atoms with Gasteiger partial charge in [-0.1, -0.05) is 0 Å². The Morgan fingerprint density at radius 2 is 2.12 bits per heavy atom. The summed E-state index contributed by atoms with van der Waals surface area (Å²) in [6.45, 7) is 0. The van der Waals surface area contributed by atoms with Crippen molar-refractivity contribution in [2.45, 2.75) is 6.18 Å². The normalized spacial score (nSPS) is 12.7. The molecule has 0 spiro atoms. The van der Waals surface area contributed by atoms with Crippen molar-refractivity contribution >= 4 is 32.5 Å². The third kappa shape index (κ3) is 1.23. The molecule has 3 aromatic rings. The van der Waals surface area contributed by atoms with E-state index in [2.05, 4.69) is 4.98 Å². The average molecular weight is 243 g/mol. The van der Waals surface area contributed by atoms with Crippen molar-refractivity contribution in [2.24, 2.45) is 0 Å². The van der Waals surface area contributed by atoms with E-state index >= 15 is 0 Å². The molecule has 0 radical (unpaired) electrons. The standard InChI is InChI=1S/C10H4F3NOS/c11-10(12,13)6-3-7-8(14-4-16-7)5-1-2-15-9(5)6/h1-4H. The molecule has 0 bridgehead atoms. The molecule has 0 unspecified atom stereocenters. The number of alkyl halides is 3. The number of thiazole rings is 1. The average Bonchev–Trinajstić information content (AvgIpc) is 2.82. The van der Waals surface area contributed by atoms with Crippen LogP contribution >= 0.6 is 11.3 Å². The molecule has 16 heavy (non-hydrogen) atoms. The predicted molar refractivity (Wildman–Crippen MR) is 54.4 cm³/mol. The quantitative estimate of drug-likeness (QED) is 0.595. The Labute approximate surface area is 91.3 Å². The number of hydrogen-bond donors (Lipinski definition) is 0. The van der Waals surface area contributed by atoms with Gasteiger partial charge in [0.1, 0.15) is 11.1 Å². The van der Waals surface area contributed by atoms with Crippen LogP contribution in [0.3, 0.4) is 0 Å². The number of fused-ring (bicyclic) bond motifs is 3. The van der Waals surface area contributed by atoms with E-state index in [4.69, 9.17) is 4.42 Å². The highest BCUT2D eigenvalue weighted by Crippen LogP contribution is 2.39. The summed E-state index contributed by atoms with van der Waals surface area (Å²) in [7, 11) is 0. The Morgan fingerprint density at radius 1 is 1.31 bits per heavy atom. The van der Waals surface area contributed by atoms with E-state index in [9.17, 15) is 13.2 Å². The largest absolute Gasteiger partial charge is 0.464 e. The predicted octanol–water partition coefficient (Wildman–Crippen LogP) is 4.06. The first-order valence-electron chi connectivity index (χ1n) is 4.38. The van der Waals surface area contributed by atoms with E-state index in [1.807, 2.05) is 0 Å². The van der Waals surface area contributed by atoms with Gasteiger partial charge in [-0.15, -0.1) is 11.3 Å². The highest BCUT2D eigenvalue weighted by Gasteiger charge is 2.35. The van der Waals surface area contributed by atoms with Crippen LogP contribution in [0.5, 0.6) is 0 Å². The van der Waals surface area contributed by atoms with Crippen molar-refractivity contribution < 1.29 is 17.6 Å². The van der Waals surface area contributed by atoms with Crippen LogP contribution in [0.1, 0.15) is 5.56 Å². The smallest absolute Gasteiger partial charge is 0.420 e. The summed E-state index contributed by atoms with van der Waals surface area (Å²) in [4.78, 5) is 4.03. The Bertz CT molecular complexity index is 667. The van der Waals surface area contributed by atoms with Crippen LogP contribution in [0.15, 0.2) is 28.3 Å². The SMILES string of the molecule is FC(F)(F)c1cc2scnc2c2ccoc12. The van der Waals surface area contributed by atoms with Crippen molar-refractivity contribution in [3.63, 3.8) is 0 Å². The van der Waals surface area contributed by atoms with Gasteiger partial charge >= 0.3 is 6.18 Å². The summed E-state index contributed by atoms with van der Waals surface area (Å²) >= 11 is 1.18. The van der Waals surface area contributed by atoms with Gasteiger partial charge in [-0.25, -0.2) is 4.98 Å². The Morgan fingerprint density at radius 3 is 2.88 bits per heavy atom. The number of rotatable bonds is 0. The van der Waals surface area contributed by atoms with Gasteiger partial charge < -0.3 is 4.42 Å². The first-order chi connectivity index (χ1) is 7.57. The van der Waals surface area contributed by atoms with E-state index < -0.39 is 11.7 Å². The van der Waals surface area contributed by atoms with Crippen LogP contribution in [-0.2, 0) is 6.18 Å². The summed E-state index contributed by atoms with van der Waals surface area (Å²) < 4.78 is 43.7. The lowest BCUT2D eigenvalue weighted by Crippen LogP contribution is -2.04.